The normalized spacial score (nSPS) is 28.0. The third-order valence-electron chi connectivity index (χ3n) is 8.30. The van der Waals surface area contributed by atoms with E-state index < -0.39 is 6.04 Å². The number of ether oxygens (including phenoxy) is 1. The molecule has 2 saturated heterocycles. The Balaban J connectivity index is 1.35. The van der Waals surface area contributed by atoms with Gasteiger partial charge in [0.05, 0.1) is 11.7 Å². The van der Waals surface area contributed by atoms with Crippen molar-refractivity contribution in [3.8, 4) is 0 Å². The molecule has 3 fully saturated rings. The van der Waals surface area contributed by atoms with E-state index in [4.69, 9.17) is 10.5 Å². The summed E-state index contributed by atoms with van der Waals surface area (Å²) in [6.45, 7) is 5.20. The molecule has 1 saturated carbocycles. The van der Waals surface area contributed by atoms with Crippen molar-refractivity contribution in [1.82, 2.24) is 20.1 Å². The average molecular weight is 540 g/mol. The van der Waals surface area contributed by atoms with Crippen LogP contribution >= 0.6 is 11.3 Å². The maximum absolute atomic E-state index is 13.8. The molecule has 0 aromatic carbocycles. The molecule has 9 heteroatoms. The number of hydrogen-bond acceptors (Lipinski definition) is 7. The number of rotatable bonds is 8. The summed E-state index contributed by atoms with van der Waals surface area (Å²) in [7, 11) is 0. The lowest BCUT2D eigenvalue weighted by atomic mass is 9.90. The lowest BCUT2D eigenvalue weighted by Crippen LogP contribution is -2.59. The smallest absolute Gasteiger partial charge is 0.256 e. The maximum atomic E-state index is 13.8. The first-order chi connectivity index (χ1) is 18.5. The van der Waals surface area contributed by atoms with Gasteiger partial charge in [0, 0.05) is 66.5 Å². The van der Waals surface area contributed by atoms with Gasteiger partial charge in [0.1, 0.15) is 6.04 Å². The van der Waals surface area contributed by atoms with Crippen molar-refractivity contribution in [2.75, 3.05) is 19.7 Å². The van der Waals surface area contributed by atoms with Crippen LogP contribution in [0.1, 0.15) is 71.5 Å². The number of nitrogens with one attached hydrogen (secondary N) is 1. The Labute approximate surface area is 229 Å². The highest BCUT2D eigenvalue weighted by atomic mass is 32.1. The summed E-state index contributed by atoms with van der Waals surface area (Å²) in [5, 5.41) is 3.29. The summed E-state index contributed by atoms with van der Waals surface area (Å²) in [5.41, 5.74) is 6.62. The fraction of sp³-hybridized carbons (Fsp3) is 0.621. The van der Waals surface area contributed by atoms with Gasteiger partial charge >= 0.3 is 0 Å². The fourth-order valence-corrected chi connectivity index (χ4v) is 7.07. The van der Waals surface area contributed by atoms with Gasteiger partial charge in [-0.2, -0.15) is 0 Å². The van der Waals surface area contributed by atoms with Gasteiger partial charge in [-0.05, 0) is 82.6 Å². The summed E-state index contributed by atoms with van der Waals surface area (Å²) in [5.74, 6) is -0.168. The Morgan fingerprint density at radius 1 is 1.18 bits per heavy atom. The van der Waals surface area contributed by atoms with Crippen LogP contribution in [0.3, 0.4) is 0 Å². The molecule has 4 heterocycles. The third-order valence-corrected chi connectivity index (χ3v) is 9.28. The summed E-state index contributed by atoms with van der Waals surface area (Å²) in [6.07, 6.45) is 10.7. The summed E-state index contributed by atoms with van der Waals surface area (Å²) < 4.78 is 6.02. The number of carbonyl (C=O) groups is 2. The second-order valence-electron chi connectivity index (χ2n) is 11.1. The van der Waals surface area contributed by atoms with Crippen LogP contribution in [0.15, 0.2) is 36.7 Å². The van der Waals surface area contributed by atoms with Crippen molar-refractivity contribution in [2.24, 2.45) is 5.73 Å². The maximum Gasteiger partial charge on any atom is 0.256 e. The minimum atomic E-state index is -0.519. The van der Waals surface area contributed by atoms with E-state index in [-0.39, 0.29) is 36.0 Å². The number of hydrogen-bond donors (Lipinski definition) is 2. The van der Waals surface area contributed by atoms with E-state index in [2.05, 4.69) is 34.3 Å². The highest BCUT2D eigenvalue weighted by Gasteiger charge is 2.40. The van der Waals surface area contributed by atoms with Gasteiger partial charge in [0.15, 0.2) is 0 Å². The number of aryl methyl sites for hydroxylation is 1. The average Bonchev–Trinajstić information content (AvgIpc) is 3.61. The van der Waals surface area contributed by atoms with Gasteiger partial charge in [-0.3, -0.25) is 19.5 Å². The van der Waals surface area contributed by atoms with E-state index in [9.17, 15) is 9.59 Å². The van der Waals surface area contributed by atoms with Crippen molar-refractivity contribution in [3.05, 3.63) is 52.0 Å². The van der Waals surface area contributed by atoms with Gasteiger partial charge in [0.25, 0.3) is 5.91 Å². The van der Waals surface area contributed by atoms with E-state index in [1.807, 2.05) is 11.3 Å². The quantitative estimate of drug-likeness (QED) is 0.533. The van der Waals surface area contributed by atoms with Gasteiger partial charge in [0.2, 0.25) is 5.91 Å². The molecule has 38 heavy (non-hydrogen) atoms. The second kappa shape index (κ2) is 12.7. The van der Waals surface area contributed by atoms with Crippen LogP contribution in [0.5, 0.6) is 0 Å². The number of nitrogens with zero attached hydrogens (tertiary/aromatic N) is 3. The molecule has 5 rings (SSSR count). The van der Waals surface area contributed by atoms with Crippen LogP contribution in [0.25, 0.3) is 0 Å². The molecule has 3 aliphatic rings. The highest BCUT2D eigenvalue weighted by molar-refractivity contribution is 7.11. The third kappa shape index (κ3) is 6.81. The summed E-state index contributed by atoms with van der Waals surface area (Å²) >= 11 is 1.83. The molecule has 0 radical (unpaired) electrons. The van der Waals surface area contributed by atoms with Crippen molar-refractivity contribution in [1.29, 1.82) is 0 Å². The van der Waals surface area contributed by atoms with Gasteiger partial charge in [-0.25, -0.2) is 0 Å². The molecule has 8 nitrogen and oxygen atoms in total. The predicted octanol–water partition coefficient (Wildman–Crippen LogP) is 3.49. The van der Waals surface area contributed by atoms with Crippen LogP contribution < -0.4 is 11.1 Å². The molecule has 2 aliphatic heterocycles. The Morgan fingerprint density at radius 2 is 2.03 bits per heavy atom. The molecule has 2 amide bonds. The lowest BCUT2D eigenvalue weighted by molar-refractivity contribution is -0.128. The summed E-state index contributed by atoms with van der Waals surface area (Å²) in [6, 6.07) is 7.94. The van der Waals surface area contributed by atoms with Crippen LogP contribution in [0.2, 0.25) is 0 Å². The van der Waals surface area contributed by atoms with Crippen molar-refractivity contribution in [2.45, 2.75) is 95.1 Å². The second-order valence-corrected chi connectivity index (χ2v) is 12.5. The molecule has 0 bridgehead atoms. The van der Waals surface area contributed by atoms with Gasteiger partial charge in [-0.1, -0.05) is 0 Å². The highest BCUT2D eigenvalue weighted by Crippen LogP contribution is 2.29. The van der Waals surface area contributed by atoms with E-state index >= 15 is 0 Å². The van der Waals surface area contributed by atoms with Crippen LogP contribution in [0.4, 0.5) is 0 Å². The molecule has 3 atom stereocenters. The van der Waals surface area contributed by atoms with Crippen molar-refractivity contribution in [3.63, 3.8) is 0 Å². The zero-order chi connectivity index (χ0) is 26.5. The van der Waals surface area contributed by atoms with Crippen LogP contribution in [-0.2, 0) is 16.1 Å². The first-order valence-corrected chi connectivity index (χ1v) is 15.0. The first-order valence-electron chi connectivity index (χ1n) is 14.1. The largest absolute Gasteiger partial charge is 0.377 e. The molecular formula is C29H41N5O3S. The first kappa shape index (κ1) is 27.2. The van der Waals surface area contributed by atoms with Gasteiger partial charge in [-0.15, -0.1) is 11.3 Å². The van der Waals surface area contributed by atoms with Crippen LogP contribution in [-0.4, -0.2) is 76.6 Å². The molecule has 3 N–H and O–H groups in total. The predicted molar refractivity (Wildman–Crippen MR) is 149 cm³/mol. The molecule has 2 aromatic rings. The van der Waals surface area contributed by atoms with Crippen molar-refractivity contribution >= 4 is 23.2 Å². The minimum absolute atomic E-state index is 0.0450. The monoisotopic (exact) mass is 539 g/mol. The van der Waals surface area contributed by atoms with E-state index in [0.717, 1.165) is 64.6 Å². The molecule has 0 spiro atoms. The molecule has 206 valence electrons. The lowest BCUT2D eigenvalue weighted by Gasteiger charge is -2.43. The molecule has 1 aliphatic carbocycles. The van der Waals surface area contributed by atoms with E-state index in [1.165, 1.54) is 9.75 Å². The Kier molecular flexibility index (Phi) is 9.09. The zero-order valence-corrected chi connectivity index (χ0v) is 23.2. The fourth-order valence-electron chi connectivity index (χ4n) is 6.15. The number of aromatic nitrogens is 1. The molecule has 2 aromatic heterocycles. The standard InChI is InChI=1S/C29H41N5O3S/c1-20-6-11-26(38-20)19-33(18-25-5-3-15-37-25)24-12-14-34(29(36)21-4-2-13-31-17-21)27(16-24)28(35)32-23-9-7-22(30)8-10-23/h2,4,6,11,13,17,22-25,27H,3,5,7-10,12,14-16,18-19,30H2,1H3,(H,32,35)/t22?,23?,24?,25?,27-/m1/s1. The van der Waals surface area contributed by atoms with Gasteiger partial charge < -0.3 is 20.7 Å². The van der Waals surface area contributed by atoms with E-state index in [1.54, 1.807) is 29.4 Å². The Bertz CT molecular complexity index is 1070. The number of thiophene rings is 1. The number of nitrogens with two attached hydrogens (primary N) is 1. The number of likely N-dealkylation sites (tertiary alicyclic amines) is 1. The number of pyridine rings is 1. The topological polar surface area (TPSA) is 101 Å². The van der Waals surface area contributed by atoms with Crippen LogP contribution in [0, 0.1) is 6.92 Å². The Hall–Kier alpha value is -2.33. The zero-order valence-electron chi connectivity index (χ0n) is 22.4. The number of carbonyl (C=O) groups excluding carboxylic acids is 2. The number of amides is 2. The minimum Gasteiger partial charge on any atom is -0.377 e. The Morgan fingerprint density at radius 3 is 2.71 bits per heavy atom. The number of piperidine rings is 1. The SMILES string of the molecule is Cc1ccc(CN(CC2CCCO2)C2CCN(C(=O)c3cccnc3)[C@@H](C(=O)NC3CCC(N)CC3)C2)s1. The molecule has 2 unspecified atom stereocenters. The van der Waals surface area contributed by atoms with Crippen molar-refractivity contribution < 1.29 is 14.3 Å². The van der Waals surface area contributed by atoms with E-state index in [0.29, 0.717) is 18.5 Å². The molecular weight excluding hydrogens is 498 g/mol. The summed E-state index contributed by atoms with van der Waals surface area (Å²) in [4.78, 5) is 38.4.